The molecule has 0 heterocycles. The molecule has 92 valence electrons. The fraction of sp³-hybridized carbons (Fsp3) is 0.0714. The van der Waals surface area contributed by atoms with Crippen molar-refractivity contribution < 1.29 is 9.18 Å². The molecule has 0 bridgehead atoms. The summed E-state index contributed by atoms with van der Waals surface area (Å²) in [5.41, 5.74) is 1.22. The van der Waals surface area contributed by atoms with Crippen LogP contribution in [0.15, 0.2) is 46.9 Å². The summed E-state index contributed by atoms with van der Waals surface area (Å²) >= 11 is 8.82. The van der Waals surface area contributed by atoms with Gasteiger partial charge < -0.3 is 0 Å². The smallest absolute Gasteiger partial charge is 0.167 e. The fourth-order valence-electron chi connectivity index (χ4n) is 1.56. The Morgan fingerprint density at radius 3 is 2.44 bits per heavy atom. The van der Waals surface area contributed by atoms with Gasteiger partial charge in [0.25, 0.3) is 0 Å². The van der Waals surface area contributed by atoms with Crippen LogP contribution in [0.3, 0.4) is 0 Å². The SMILES string of the molecule is O=C(Cc1ccc(Cl)cc1)c1ccc(Br)c(F)c1. The molecule has 0 fully saturated rings. The molecule has 0 aliphatic heterocycles. The Labute approximate surface area is 118 Å². The van der Waals surface area contributed by atoms with Gasteiger partial charge >= 0.3 is 0 Å². The Morgan fingerprint density at radius 1 is 1.17 bits per heavy atom. The highest BCUT2D eigenvalue weighted by molar-refractivity contribution is 9.10. The van der Waals surface area contributed by atoms with Crippen molar-refractivity contribution in [3.63, 3.8) is 0 Å². The molecular weight excluding hydrogens is 319 g/mol. The number of halogens is 3. The molecule has 18 heavy (non-hydrogen) atoms. The second-order valence-corrected chi connectivity index (χ2v) is 5.15. The lowest BCUT2D eigenvalue weighted by Gasteiger charge is -2.03. The van der Waals surface area contributed by atoms with Gasteiger partial charge in [0.1, 0.15) is 5.82 Å². The van der Waals surface area contributed by atoms with Crippen molar-refractivity contribution in [2.45, 2.75) is 6.42 Å². The zero-order valence-corrected chi connectivity index (χ0v) is 11.6. The Kier molecular flexibility index (Phi) is 4.15. The fourth-order valence-corrected chi connectivity index (χ4v) is 1.93. The first kappa shape index (κ1) is 13.2. The van der Waals surface area contributed by atoms with Crippen molar-refractivity contribution in [1.82, 2.24) is 0 Å². The summed E-state index contributed by atoms with van der Waals surface area (Å²) in [5, 5.41) is 0.626. The molecule has 1 nitrogen and oxygen atoms in total. The van der Waals surface area contributed by atoms with Crippen molar-refractivity contribution >= 4 is 33.3 Å². The highest BCUT2D eigenvalue weighted by Gasteiger charge is 2.09. The normalized spacial score (nSPS) is 10.4. The average Bonchev–Trinajstić information content (AvgIpc) is 2.35. The number of rotatable bonds is 3. The minimum atomic E-state index is -0.433. The van der Waals surface area contributed by atoms with E-state index in [2.05, 4.69) is 15.9 Å². The van der Waals surface area contributed by atoms with Crippen LogP contribution >= 0.6 is 27.5 Å². The maximum absolute atomic E-state index is 13.3. The number of Topliss-reactive ketones (excluding diaryl/α,β-unsaturated/α-hetero) is 1. The van der Waals surface area contributed by atoms with Gasteiger partial charge in [0, 0.05) is 17.0 Å². The monoisotopic (exact) mass is 326 g/mol. The number of ketones is 1. The lowest BCUT2D eigenvalue weighted by atomic mass is 10.0. The second kappa shape index (κ2) is 5.63. The van der Waals surface area contributed by atoms with E-state index in [0.29, 0.717) is 15.1 Å². The van der Waals surface area contributed by atoms with E-state index in [1.807, 2.05) is 0 Å². The summed E-state index contributed by atoms with van der Waals surface area (Å²) in [7, 11) is 0. The zero-order valence-electron chi connectivity index (χ0n) is 9.29. The van der Waals surface area contributed by atoms with Gasteiger partial charge in [-0.2, -0.15) is 0 Å². The largest absolute Gasteiger partial charge is 0.294 e. The molecule has 0 spiro atoms. The van der Waals surface area contributed by atoms with Crippen LogP contribution in [0, 0.1) is 5.82 Å². The molecule has 0 unspecified atom stereocenters. The summed E-state index contributed by atoms with van der Waals surface area (Å²) in [4.78, 5) is 11.9. The number of carbonyl (C=O) groups excluding carboxylic acids is 1. The molecular formula is C14H9BrClFO. The van der Waals surface area contributed by atoms with Crippen LogP contribution in [0.4, 0.5) is 4.39 Å². The van der Waals surface area contributed by atoms with E-state index >= 15 is 0 Å². The third-order valence-electron chi connectivity index (χ3n) is 2.52. The third-order valence-corrected chi connectivity index (χ3v) is 3.41. The van der Waals surface area contributed by atoms with Crippen molar-refractivity contribution in [3.8, 4) is 0 Å². The molecule has 0 aliphatic carbocycles. The van der Waals surface area contributed by atoms with Gasteiger partial charge in [-0.25, -0.2) is 4.39 Å². The van der Waals surface area contributed by atoms with Gasteiger partial charge in [-0.15, -0.1) is 0 Å². The molecule has 0 aliphatic rings. The maximum Gasteiger partial charge on any atom is 0.167 e. The average molecular weight is 328 g/mol. The van der Waals surface area contributed by atoms with Gasteiger partial charge in [0.05, 0.1) is 4.47 Å². The van der Waals surface area contributed by atoms with Gasteiger partial charge in [0.2, 0.25) is 0 Å². The molecule has 0 N–H and O–H groups in total. The van der Waals surface area contributed by atoms with Crippen LogP contribution in [-0.4, -0.2) is 5.78 Å². The van der Waals surface area contributed by atoms with Gasteiger partial charge in [-0.3, -0.25) is 4.79 Å². The molecule has 2 rings (SSSR count). The summed E-state index contributed by atoms with van der Waals surface area (Å²) in [5.74, 6) is -0.555. The van der Waals surface area contributed by atoms with Gasteiger partial charge in [-0.1, -0.05) is 29.8 Å². The third kappa shape index (κ3) is 3.18. The quantitative estimate of drug-likeness (QED) is 0.749. The summed E-state index contributed by atoms with van der Waals surface area (Å²) in [6.07, 6.45) is 0.234. The van der Waals surface area contributed by atoms with E-state index in [-0.39, 0.29) is 12.2 Å². The lowest BCUT2D eigenvalue weighted by Crippen LogP contribution is -2.04. The van der Waals surface area contributed by atoms with Gasteiger partial charge in [0.15, 0.2) is 5.78 Å². The van der Waals surface area contributed by atoms with Crippen molar-refractivity contribution in [3.05, 3.63) is 68.9 Å². The van der Waals surface area contributed by atoms with Crippen molar-refractivity contribution in [2.24, 2.45) is 0 Å². The highest BCUT2D eigenvalue weighted by Crippen LogP contribution is 2.18. The molecule has 0 amide bonds. The summed E-state index contributed by atoms with van der Waals surface area (Å²) in [6, 6.07) is 11.4. The van der Waals surface area contributed by atoms with Crippen molar-refractivity contribution in [1.29, 1.82) is 0 Å². The van der Waals surface area contributed by atoms with E-state index in [1.54, 1.807) is 30.3 Å². The second-order valence-electron chi connectivity index (χ2n) is 3.86. The van der Waals surface area contributed by atoms with E-state index in [4.69, 9.17) is 11.6 Å². The first-order valence-electron chi connectivity index (χ1n) is 5.29. The maximum atomic E-state index is 13.3. The highest BCUT2D eigenvalue weighted by atomic mass is 79.9. The summed E-state index contributed by atoms with van der Waals surface area (Å²) in [6.45, 7) is 0. The van der Waals surface area contributed by atoms with Crippen LogP contribution in [-0.2, 0) is 6.42 Å². The number of hydrogen-bond donors (Lipinski definition) is 0. The predicted octanol–water partition coefficient (Wildman–Crippen LogP) is 4.67. The Hall–Kier alpha value is -1.19. The molecule has 2 aromatic carbocycles. The van der Waals surface area contributed by atoms with Crippen molar-refractivity contribution in [2.75, 3.05) is 0 Å². The molecule has 0 saturated heterocycles. The molecule has 0 saturated carbocycles. The standard InChI is InChI=1S/C14H9BrClFO/c15-12-6-3-10(8-13(12)17)14(18)7-9-1-4-11(16)5-2-9/h1-6,8H,7H2. The number of benzene rings is 2. The molecule has 0 aromatic heterocycles. The van der Waals surface area contributed by atoms with E-state index in [0.717, 1.165) is 5.56 Å². The number of hydrogen-bond acceptors (Lipinski definition) is 1. The van der Waals surface area contributed by atoms with Crippen LogP contribution in [0.5, 0.6) is 0 Å². The Bertz CT molecular complexity index is 581. The van der Waals surface area contributed by atoms with E-state index in [9.17, 15) is 9.18 Å². The van der Waals surface area contributed by atoms with Crippen LogP contribution in [0.2, 0.25) is 5.02 Å². The van der Waals surface area contributed by atoms with E-state index < -0.39 is 5.82 Å². The predicted molar refractivity (Wildman–Crippen MR) is 73.6 cm³/mol. The molecule has 0 atom stereocenters. The molecule has 0 radical (unpaired) electrons. The molecule has 4 heteroatoms. The number of carbonyl (C=O) groups is 1. The summed E-state index contributed by atoms with van der Waals surface area (Å²) < 4.78 is 13.7. The topological polar surface area (TPSA) is 17.1 Å². The van der Waals surface area contributed by atoms with Crippen LogP contribution in [0.25, 0.3) is 0 Å². The first-order valence-corrected chi connectivity index (χ1v) is 6.46. The van der Waals surface area contributed by atoms with Crippen LogP contribution in [0.1, 0.15) is 15.9 Å². The zero-order chi connectivity index (χ0) is 13.1. The van der Waals surface area contributed by atoms with E-state index in [1.165, 1.54) is 12.1 Å². The Morgan fingerprint density at radius 2 is 1.83 bits per heavy atom. The van der Waals surface area contributed by atoms with Crippen LogP contribution < -0.4 is 0 Å². The Balaban J connectivity index is 2.16. The lowest BCUT2D eigenvalue weighted by molar-refractivity contribution is 0.0992. The minimum absolute atomic E-state index is 0.122. The first-order chi connectivity index (χ1) is 8.56. The molecule has 2 aromatic rings. The minimum Gasteiger partial charge on any atom is -0.294 e. The van der Waals surface area contributed by atoms with Gasteiger partial charge in [-0.05, 0) is 45.8 Å².